The lowest BCUT2D eigenvalue weighted by Crippen LogP contribution is -1.95. The summed E-state index contributed by atoms with van der Waals surface area (Å²) < 4.78 is 5.30. The summed E-state index contributed by atoms with van der Waals surface area (Å²) in [4.78, 5) is 0. The number of aromatic nitrogens is 2. The van der Waals surface area contributed by atoms with Gasteiger partial charge >= 0.3 is 0 Å². The van der Waals surface area contributed by atoms with Gasteiger partial charge < -0.3 is 10.2 Å². The molecule has 0 aliphatic heterocycles. The van der Waals surface area contributed by atoms with Crippen LogP contribution in [0.15, 0.2) is 28.7 Å². The van der Waals surface area contributed by atoms with Gasteiger partial charge in [0.2, 0.25) is 11.8 Å². The standard InChI is InChI=1S/C11H12ClN3O/c12-9-3-1-2-8(6-9)4-5-10-14-15-11(7-13)16-10/h1-3,6H,4-5,7,13H2. The Labute approximate surface area is 98.4 Å². The van der Waals surface area contributed by atoms with E-state index >= 15 is 0 Å². The molecule has 4 nitrogen and oxygen atoms in total. The minimum absolute atomic E-state index is 0.282. The molecule has 16 heavy (non-hydrogen) atoms. The van der Waals surface area contributed by atoms with Gasteiger partial charge in [-0.05, 0) is 24.1 Å². The van der Waals surface area contributed by atoms with Crippen molar-refractivity contribution in [2.24, 2.45) is 5.73 Å². The van der Waals surface area contributed by atoms with E-state index in [4.69, 9.17) is 21.8 Å². The lowest BCUT2D eigenvalue weighted by molar-refractivity contribution is 0.450. The average molecular weight is 238 g/mol. The minimum atomic E-state index is 0.282. The van der Waals surface area contributed by atoms with E-state index < -0.39 is 0 Å². The number of hydrogen-bond donors (Lipinski definition) is 1. The van der Waals surface area contributed by atoms with Gasteiger partial charge in [0, 0.05) is 11.4 Å². The van der Waals surface area contributed by atoms with Crippen LogP contribution in [-0.4, -0.2) is 10.2 Å². The Hall–Kier alpha value is -1.39. The molecule has 0 radical (unpaired) electrons. The predicted octanol–water partition coefficient (Wildman–Crippen LogP) is 1.97. The fourth-order valence-corrected chi connectivity index (χ4v) is 1.63. The molecule has 1 aromatic heterocycles. The van der Waals surface area contributed by atoms with Crippen LogP contribution in [0.5, 0.6) is 0 Å². The third-order valence-electron chi connectivity index (χ3n) is 2.20. The fourth-order valence-electron chi connectivity index (χ4n) is 1.42. The summed E-state index contributed by atoms with van der Waals surface area (Å²) in [6.45, 7) is 0.282. The number of nitrogens with two attached hydrogens (primary N) is 1. The molecule has 2 N–H and O–H groups in total. The number of halogens is 1. The first kappa shape index (κ1) is 11.1. The molecule has 0 aliphatic carbocycles. The van der Waals surface area contributed by atoms with E-state index in [1.165, 1.54) is 0 Å². The van der Waals surface area contributed by atoms with Crippen LogP contribution in [0.3, 0.4) is 0 Å². The van der Waals surface area contributed by atoms with Crippen molar-refractivity contribution in [3.8, 4) is 0 Å². The molecule has 0 spiro atoms. The zero-order valence-corrected chi connectivity index (χ0v) is 9.44. The molecule has 2 aromatic rings. The van der Waals surface area contributed by atoms with Crippen molar-refractivity contribution in [2.45, 2.75) is 19.4 Å². The van der Waals surface area contributed by atoms with E-state index in [0.717, 1.165) is 17.0 Å². The van der Waals surface area contributed by atoms with Crippen LogP contribution in [-0.2, 0) is 19.4 Å². The SMILES string of the molecule is NCc1nnc(CCc2cccc(Cl)c2)o1. The smallest absolute Gasteiger partial charge is 0.230 e. The van der Waals surface area contributed by atoms with Crippen molar-refractivity contribution in [1.82, 2.24) is 10.2 Å². The van der Waals surface area contributed by atoms with Crippen molar-refractivity contribution in [1.29, 1.82) is 0 Å². The van der Waals surface area contributed by atoms with Crippen LogP contribution in [0.25, 0.3) is 0 Å². The first-order valence-electron chi connectivity index (χ1n) is 5.03. The second kappa shape index (κ2) is 5.09. The average Bonchev–Trinajstić information content (AvgIpc) is 2.74. The summed E-state index contributed by atoms with van der Waals surface area (Å²) in [5.74, 6) is 1.08. The van der Waals surface area contributed by atoms with E-state index in [1.54, 1.807) is 0 Å². The topological polar surface area (TPSA) is 64.9 Å². The summed E-state index contributed by atoms with van der Waals surface area (Å²) >= 11 is 5.89. The molecule has 1 aromatic carbocycles. The Kier molecular flexibility index (Phi) is 3.54. The zero-order chi connectivity index (χ0) is 11.4. The van der Waals surface area contributed by atoms with E-state index in [9.17, 15) is 0 Å². The molecule has 0 aliphatic rings. The van der Waals surface area contributed by atoms with Gasteiger partial charge in [0.1, 0.15) is 0 Å². The maximum Gasteiger partial charge on any atom is 0.230 e. The highest BCUT2D eigenvalue weighted by Gasteiger charge is 2.04. The van der Waals surface area contributed by atoms with Gasteiger partial charge in [-0.1, -0.05) is 23.7 Å². The lowest BCUT2D eigenvalue weighted by atomic mass is 10.1. The van der Waals surface area contributed by atoms with Crippen LogP contribution in [0.4, 0.5) is 0 Å². The predicted molar refractivity (Wildman–Crippen MR) is 61.0 cm³/mol. The van der Waals surface area contributed by atoms with Crippen LogP contribution < -0.4 is 5.73 Å². The molecule has 1 heterocycles. The molecule has 0 bridgehead atoms. The third kappa shape index (κ3) is 2.81. The minimum Gasteiger partial charge on any atom is -0.424 e. The number of aryl methyl sites for hydroxylation is 2. The summed E-state index contributed by atoms with van der Waals surface area (Å²) in [6.07, 6.45) is 1.53. The van der Waals surface area contributed by atoms with E-state index in [2.05, 4.69) is 10.2 Å². The summed E-state index contributed by atoms with van der Waals surface area (Å²) in [7, 11) is 0. The van der Waals surface area contributed by atoms with Crippen molar-refractivity contribution < 1.29 is 4.42 Å². The molecule has 0 fully saturated rings. The van der Waals surface area contributed by atoms with Crippen LogP contribution in [0, 0.1) is 0 Å². The first-order chi connectivity index (χ1) is 7.78. The Morgan fingerprint density at radius 3 is 2.69 bits per heavy atom. The largest absolute Gasteiger partial charge is 0.424 e. The number of hydrogen-bond acceptors (Lipinski definition) is 4. The van der Waals surface area contributed by atoms with Crippen molar-refractivity contribution in [3.63, 3.8) is 0 Å². The quantitative estimate of drug-likeness (QED) is 0.883. The molecule has 5 heteroatoms. The molecule has 0 atom stereocenters. The van der Waals surface area contributed by atoms with Crippen molar-refractivity contribution in [3.05, 3.63) is 46.6 Å². The van der Waals surface area contributed by atoms with Gasteiger partial charge in [-0.3, -0.25) is 0 Å². The summed E-state index contributed by atoms with van der Waals surface area (Å²) in [5.41, 5.74) is 6.53. The second-order valence-electron chi connectivity index (χ2n) is 3.42. The van der Waals surface area contributed by atoms with Gasteiger partial charge in [-0.2, -0.15) is 0 Å². The molecule has 0 unspecified atom stereocenters. The molecule has 0 saturated heterocycles. The third-order valence-corrected chi connectivity index (χ3v) is 2.43. The molecular weight excluding hydrogens is 226 g/mol. The number of nitrogens with zero attached hydrogens (tertiary/aromatic N) is 2. The van der Waals surface area contributed by atoms with Crippen molar-refractivity contribution in [2.75, 3.05) is 0 Å². The Balaban J connectivity index is 1.96. The molecule has 0 amide bonds. The highest BCUT2D eigenvalue weighted by Crippen LogP contribution is 2.12. The fraction of sp³-hybridized carbons (Fsp3) is 0.273. The first-order valence-corrected chi connectivity index (χ1v) is 5.41. The van der Waals surface area contributed by atoms with Gasteiger partial charge in [0.05, 0.1) is 6.54 Å². The Morgan fingerprint density at radius 2 is 2.00 bits per heavy atom. The lowest BCUT2D eigenvalue weighted by Gasteiger charge is -1.98. The molecule has 0 saturated carbocycles. The van der Waals surface area contributed by atoms with Crippen LogP contribution >= 0.6 is 11.6 Å². The van der Waals surface area contributed by atoms with Crippen LogP contribution in [0.2, 0.25) is 5.02 Å². The number of rotatable bonds is 4. The second-order valence-corrected chi connectivity index (χ2v) is 3.86. The number of benzene rings is 1. The molecule has 2 rings (SSSR count). The monoisotopic (exact) mass is 237 g/mol. The summed E-state index contributed by atoms with van der Waals surface area (Å²) in [5, 5.41) is 8.43. The van der Waals surface area contributed by atoms with E-state index in [0.29, 0.717) is 18.2 Å². The maximum atomic E-state index is 5.89. The van der Waals surface area contributed by atoms with Gasteiger partial charge in [0.15, 0.2) is 0 Å². The highest BCUT2D eigenvalue weighted by atomic mass is 35.5. The zero-order valence-electron chi connectivity index (χ0n) is 8.69. The normalized spacial score (nSPS) is 10.6. The molecular formula is C11H12ClN3O. The maximum absolute atomic E-state index is 5.89. The Morgan fingerprint density at radius 1 is 1.19 bits per heavy atom. The highest BCUT2D eigenvalue weighted by molar-refractivity contribution is 6.30. The van der Waals surface area contributed by atoms with Crippen LogP contribution in [0.1, 0.15) is 17.3 Å². The molecule has 84 valence electrons. The Bertz CT molecular complexity index is 470. The van der Waals surface area contributed by atoms with E-state index in [-0.39, 0.29) is 6.54 Å². The summed E-state index contributed by atoms with van der Waals surface area (Å²) in [6, 6.07) is 7.73. The van der Waals surface area contributed by atoms with Gasteiger partial charge in [-0.25, -0.2) is 0 Å². The van der Waals surface area contributed by atoms with Gasteiger partial charge in [-0.15, -0.1) is 10.2 Å². The van der Waals surface area contributed by atoms with E-state index in [1.807, 2.05) is 24.3 Å². The van der Waals surface area contributed by atoms with Gasteiger partial charge in [0.25, 0.3) is 0 Å². The van der Waals surface area contributed by atoms with Crippen molar-refractivity contribution >= 4 is 11.6 Å².